The molecule has 1 aliphatic rings. The van der Waals surface area contributed by atoms with Crippen LogP contribution in [0.15, 0.2) is 34.9 Å². The number of rotatable bonds is 2. The van der Waals surface area contributed by atoms with Gasteiger partial charge in [0.1, 0.15) is 0 Å². The van der Waals surface area contributed by atoms with Crippen molar-refractivity contribution in [2.75, 3.05) is 7.11 Å². The van der Waals surface area contributed by atoms with E-state index in [1.165, 1.54) is 32.8 Å². The van der Waals surface area contributed by atoms with Crippen molar-refractivity contribution in [1.82, 2.24) is 10.1 Å². The van der Waals surface area contributed by atoms with Gasteiger partial charge in [0.15, 0.2) is 5.82 Å². The molecule has 114 valence electrons. The number of nitrogens with zero attached hydrogens (tertiary/aromatic N) is 2. The molecule has 1 aliphatic carbocycles. The van der Waals surface area contributed by atoms with Gasteiger partial charge >= 0.3 is 0 Å². The zero-order chi connectivity index (χ0) is 15.1. The van der Waals surface area contributed by atoms with E-state index in [4.69, 9.17) is 9.78 Å². The molecule has 1 fully saturated rings. The van der Waals surface area contributed by atoms with Crippen molar-refractivity contribution >= 4 is 0 Å². The molecule has 3 rings (SSSR count). The Morgan fingerprint density at radius 3 is 2.38 bits per heavy atom. The summed E-state index contributed by atoms with van der Waals surface area (Å²) >= 11 is 0. The molecule has 5 nitrogen and oxygen atoms in total. The zero-order valence-corrected chi connectivity index (χ0v) is 12.5. The molecule has 0 atom stereocenters. The zero-order valence-electron chi connectivity index (χ0n) is 12.5. The van der Waals surface area contributed by atoms with Crippen LogP contribution >= 0.6 is 0 Å². The normalized spacial score (nSPS) is 21.5. The van der Waals surface area contributed by atoms with Gasteiger partial charge in [-0.15, -0.1) is 0 Å². The molecule has 0 unspecified atom stereocenters. The molecule has 0 aliphatic heterocycles. The molecule has 2 aromatic rings. The average molecular weight is 290 g/mol. The summed E-state index contributed by atoms with van der Waals surface area (Å²) in [6.07, 6.45) is 4.93. The first-order valence-corrected chi connectivity index (χ1v) is 7.31. The van der Waals surface area contributed by atoms with Gasteiger partial charge < -0.3 is 4.52 Å². The lowest BCUT2D eigenvalue weighted by Crippen LogP contribution is -2.11. The van der Waals surface area contributed by atoms with E-state index in [9.17, 15) is 0 Å². The third kappa shape index (κ3) is 4.37. The first-order valence-electron chi connectivity index (χ1n) is 7.31. The van der Waals surface area contributed by atoms with E-state index in [0.29, 0.717) is 11.8 Å². The fraction of sp³-hybridized carbons (Fsp3) is 0.500. The molecule has 21 heavy (non-hydrogen) atoms. The second kappa shape index (κ2) is 7.90. The molecule has 0 saturated heterocycles. The maximum atomic E-state index is 7.07. The Morgan fingerprint density at radius 1 is 1.14 bits per heavy atom. The van der Waals surface area contributed by atoms with Crippen LogP contribution in [-0.4, -0.2) is 22.5 Å². The van der Waals surface area contributed by atoms with Crippen molar-refractivity contribution in [3.8, 4) is 11.5 Å². The molecule has 5 heteroatoms. The predicted octanol–water partition coefficient (Wildman–Crippen LogP) is 4.14. The molecular formula is C16H22N2O3. The van der Waals surface area contributed by atoms with E-state index in [-0.39, 0.29) is 0 Å². The molecule has 0 bridgehead atoms. The van der Waals surface area contributed by atoms with Crippen molar-refractivity contribution < 1.29 is 14.7 Å². The SMILES string of the molecule is CC1CCC(c2noc(-c3ccccc3)n2)CC1.COO. The number of hydrogen-bond acceptors (Lipinski definition) is 5. The van der Waals surface area contributed by atoms with Crippen LogP contribution in [0.1, 0.15) is 44.3 Å². The lowest BCUT2D eigenvalue weighted by atomic mass is 9.83. The summed E-state index contributed by atoms with van der Waals surface area (Å²) in [5.74, 6) is 2.87. The highest BCUT2D eigenvalue weighted by Gasteiger charge is 2.24. The van der Waals surface area contributed by atoms with Crippen molar-refractivity contribution in [1.29, 1.82) is 0 Å². The predicted molar refractivity (Wildman–Crippen MR) is 79.7 cm³/mol. The van der Waals surface area contributed by atoms with Crippen LogP contribution in [-0.2, 0) is 4.89 Å². The van der Waals surface area contributed by atoms with E-state index >= 15 is 0 Å². The van der Waals surface area contributed by atoms with E-state index < -0.39 is 0 Å². The Balaban J connectivity index is 0.000000497. The minimum absolute atomic E-state index is 0.488. The second-order valence-electron chi connectivity index (χ2n) is 5.46. The highest BCUT2D eigenvalue weighted by Crippen LogP contribution is 2.34. The smallest absolute Gasteiger partial charge is 0.257 e. The Kier molecular flexibility index (Phi) is 5.90. The lowest BCUT2D eigenvalue weighted by Gasteiger charge is -2.23. The van der Waals surface area contributed by atoms with Crippen LogP contribution in [0.25, 0.3) is 11.5 Å². The standard InChI is InChI=1S/C15H18N2O.CH4O2/c1-11-7-9-12(10-8-11)14-16-15(18-17-14)13-5-3-2-4-6-13;1-3-2/h2-6,11-12H,7-10H2,1H3;2H,1H3. The Labute approximate surface area is 124 Å². The quantitative estimate of drug-likeness (QED) is 0.665. The van der Waals surface area contributed by atoms with Crippen LogP contribution in [0.5, 0.6) is 0 Å². The third-order valence-electron chi connectivity index (χ3n) is 3.84. The maximum Gasteiger partial charge on any atom is 0.257 e. The molecule has 0 amide bonds. The van der Waals surface area contributed by atoms with Crippen LogP contribution in [0, 0.1) is 5.92 Å². The monoisotopic (exact) mass is 290 g/mol. The Morgan fingerprint density at radius 2 is 1.76 bits per heavy atom. The van der Waals surface area contributed by atoms with Gasteiger partial charge in [-0.2, -0.15) is 4.98 Å². The van der Waals surface area contributed by atoms with Gasteiger partial charge in [0.05, 0.1) is 7.11 Å². The summed E-state index contributed by atoms with van der Waals surface area (Å²) in [5.41, 5.74) is 1.00. The van der Waals surface area contributed by atoms with Crippen molar-refractivity contribution in [2.45, 2.75) is 38.5 Å². The summed E-state index contributed by atoms with van der Waals surface area (Å²) in [6.45, 7) is 2.32. The van der Waals surface area contributed by atoms with E-state index in [2.05, 4.69) is 22.0 Å². The molecule has 1 heterocycles. The van der Waals surface area contributed by atoms with Crippen LogP contribution < -0.4 is 0 Å². The minimum Gasteiger partial charge on any atom is -0.334 e. The maximum absolute atomic E-state index is 7.07. The molecular weight excluding hydrogens is 268 g/mol. The fourth-order valence-corrected chi connectivity index (χ4v) is 2.62. The van der Waals surface area contributed by atoms with Gasteiger partial charge in [0.25, 0.3) is 5.89 Å². The molecule has 1 aromatic carbocycles. The summed E-state index contributed by atoms with van der Waals surface area (Å²) in [4.78, 5) is 7.80. The molecule has 1 N–H and O–H groups in total. The van der Waals surface area contributed by atoms with Crippen molar-refractivity contribution in [3.63, 3.8) is 0 Å². The van der Waals surface area contributed by atoms with Crippen molar-refractivity contribution in [2.24, 2.45) is 5.92 Å². The van der Waals surface area contributed by atoms with Crippen LogP contribution in [0.2, 0.25) is 0 Å². The first-order chi connectivity index (χ1) is 10.2. The Bertz CT molecular complexity index is 519. The van der Waals surface area contributed by atoms with E-state index in [1.54, 1.807) is 0 Å². The average Bonchev–Trinajstić information content (AvgIpc) is 3.00. The lowest BCUT2D eigenvalue weighted by molar-refractivity contribution is -0.214. The topological polar surface area (TPSA) is 68.4 Å². The third-order valence-corrected chi connectivity index (χ3v) is 3.84. The van der Waals surface area contributed by atoms with Crippen LogP contribution in [0.4, 0.5) is 0 Å². The number of hydrogen-bond donors (Lipinski definition) is 1. The van der Waals surface area contributed by atoms with E-state index in [0.717, 1.165) is 17.3 Å². The fourth-order valence-electron chi connectivity index (χ4n) is 2.62. The van der Waals surface area contributed by atoms with E-state index in [1.807, 2.05) is 30.3 Å². The van der Waals surface area contributed by atoms with Gasteiger partial charge in [-0.3, -0.25) is 5.26 Å². The number of benzene rings is 1. The van der Waals surface area contributed by atoms with Gasteiger partial charge in [0, 0.05) is 11.5 Å². The highest BCUT2D eigenvalue weighted by atomic mass is 17.1. The number of aromatic nitrogens is 2. The summed E-state index contributed by atoms with van der Waals surface area (Å²) in [5, 5.41) is 11.2. The molecule has 1 saturated carbocycles. The van der Waals surface area contributed by atoms with Gasteiger partial charge in [-0.25, -0.2) is 4.89 Å². The van der Waals surface area contributed by atoms with Gasteiger partial charge in [-0.1, -0.05) is 43.1 Å². The van der Waals surface area contributed by atoms with Crippen molar-refractivity contribution in [3.05, 3.63) is 36.2 Å². The molecule has 1 aromatic heterocycles. The molecule has 0 radical (unpaired) electrons. The highest BCUT2D eigenvalue weighted by molar-refractivity contribution is 5.52. The first kappa shape index (κ1) is 15.7. The second-order valence-corrected chi connectivity index (χ2v) is 5.46. The summed E-state index contributed by atoms with van der Waals surface area (Å²) in [6, 6.07) is 9.97. The van der Waals surface area contributed by atoms with Gasteiger partial charge in [-0.05, 0) is 30.9 Å². The largest absolute Gasteiger partial charge is 0.334 e. The summed E-state index contributed by atoms with van der Waals surface area (Å²) in [7, 11) is 1.18. The minimum atomic E-state index is 0.488. The van der Waals surface area contributed by atoms with Gasteiger partial charge in [0.2, 0.25) is 0 Å². The Hall–Kier alpha value is -1.72. The van der Waals surface area contributed by atoms with Crippen LogP contribution in [0.3, 0.4) is 0 Å². The molecule has 0 spiro atoms. The summed E-state index contributed by atoms with van der Waals surface area (Å²) < 4.78 is 5.37.